The second-order valence-electron chi connectivity index (χ2n) is 19.4. The molecule has 6 nitrogen and oxygen atoms in total. The van der Waals surface area contributed by atoms with Crippen LogP contribution in [-0.4, -0.2) is 28.7 Å². The highest BCUT2D eigenvalue weighted by Gasteiger charge is 2.29. The lowest BCUT2D eigenvalue weighted by Crippen LogP contribution is -2.12. The van der Waals surface area contributed by atoms with E-state index in [0.29, 0.717) is 23.4 Å². The lowest BCUT2D eigenvalue weighted by Gasteiger charge is -2.24. The molecule has 332 valence electrons. The van der Waals surface area contributed by atoms with Crippen LogP contribution in [0.2, 0.25) is 0 Å². The van der Waals surface area contributed by atoms with Crippen molar-refractivity contribution < 1.29 is 0 Å². The fourth-order valence-electron chi connectivity index (χ4n) is 11.0. The maximum atomic E-state index is 5.41. The van der Waals surface area contributed by atoms with Crippen molar-refractivity contribution in [2.75, 3.05) is 0 Å². The van der Waals surface area contributed by atoms with E-state index in [4.69, 9.17) is 15.0 Å². The molecule has 1 aliphatic rings. The maximum absolute atomic E-state index is 5.41. The fraction of sp³-hybridized carbons (Fsp3) is 0.127. The molecule has 0 N–H and O–H groups in total. The third-order valence-corrected chi connectivity index (χ3v) is 14.3. The summed E-state index contributed by atoms with van der Waals surface area (Å²) in [5, 5.41) is 6.17. The van der Waals surface area contributed by atoms with Crippen molar-refractivity contribution in [1.29, 1.82) is 0 Å². The molecule has 0 amide bonds. The monoisotopic (exact) mass is 890 g/mol. The number of rotatable bonds is 6. The van der Waals surface area contributed by atoms with E-state index in [1.165, 1.54) is 71.5 Å². The fourth-order valence-corrected chi connectivity index (χ4v) is 11.0. The highest BCUT2D eigenvalue weighted by atomic mass is 15.1. The SMILES string of the molecule is Cc1ccc2c(c1)c1c(n2-c2cc(-c3nc(-c4ccccc4)nc(-c4ccccc4)n3)cc(-n3c4ccc(C)cc4c4cc(C)ccc43)c2-n2c3ccc(C)cc3c3cc(C)ccc32)C=CC(C)C1. The van der Waals surface area contributed by atoms with Gasteiger partial charge in [-0.1, -0.05) is 132 Å². The molecule has 1 aliphatic carbocycles. The predicted octanol–water partition coefficient (Wildman–Crippen LogP) is 15.8. The molecule has 0 spiro atoms. The molecule has 1 atom stereocenters. The minimum Gasteiger partial charge on any atom is -0.307 e. The van der Waals surface area contributed by atoms with Gasteiger partial charge in [-0.25, -0.2) is 15.0 Å². The third kappa shape index (κ3) is 6.57. The Labute approximate surface area is 401 Å². The summed E-state index contributed by atoms with van der Waals surface area (Å²) < 4.78 is 7.58. The first-order valence-electron chi connectivity index (χ1n) is 24.1. The molecule has 69 heavy (non-hydrogen) atoms. The first-order chi connectivity index (χ1) is 33.6. The first kappa shape index (κ1) is 40.9. The van der Waals surface area contributed by atoms with E-state index in [0.717, 1.165) is 62.2 Å². The number of aromatic nitrogens is 6. The lowest BCUT2D eigenvalue weighted by molar-refractivity contribution is 0.717. The summed E-state index contributed by atoms with van der Waals surface area (Å²) in [6, 6.07) is 59.9. The molecule has 4 heterocycles. The Bertz CT molecular complexity index is 3930. The molecule has 0 saturated carbocycles. The van der Waals surface area contributed by atoms with Gasteiger partial charge in [0.2, 0.25) is 0 Å². The Morgan fingerprint density at radius 1 is 0.391 bits per heavy atom. The van der Waals surface area contributed by atoms with Crippen LogP contribution in [0.3, 0.4) is 0 Å². The van der Waals surface area contributed by atoms with Gasteiger partial charge >= 0.3 is 0 Å². The molecular weight excluding hydrogens is 841 g/mol. The smallest absolute Gasteiger partial charge is 0.164 e. The van der Waals surface area contributed by atoms with Crippen LogP contribution in [0.15, 0.2) is 170 Å². The molecule has 0 radical (unpaired) electrons. The van der Waals surface area contributed by atoms with Crippen LogP contribution in [-0.2, 0) is 6.42 Å². The summed E-state index contributed by atoms with van der Waals surface area (Å²) in [7, 11) is 0. The molecule has 12 aromatic rings. The molecule has 13 rings (SSSR count). The zero-order chi connectivity index (χ0) is 46.7. The number of allylic oxidation sites excluding steroid dienone is 1. The van der Waals surface area contributed by atoms with Gasteiger partial charge in [-0.15, -0.1) is 0 Å². The predicted molar refractivity (Wildman–Crippen MR) is 287 cm³/mol. The van der Waals surface area contributed by atoms with Crippen molar-refractivity contribution in [3.05, 3.63) is 209 Å². The lowest BCUT2D eigenvalue weighted by atomic mass is 9.93. The summed E-state index contributed by atoms with van der Waals surface area (Å²) in [5.74, 6) is 2.25. The van der Waals surface area contributed by atoms with Crippen LogP contribution in [0.4, 0.5) is 0 Å². The number of hydrogen-bond donors (Lipinski definition) is 0. The molecule has 0 fully saturated rings. The quantitative estimate of drug-likeness (QED) is 0.167. The average Bonchev–Trinajstić information content (AvgIpc) is 3.97. The molecule has 4 aromatic heterocycles. The number of aryl methyl sites for hydroxylation is 5. The van der Waals surface area contributed by atoms with Crippen molar-refractivity contribution in [2.24, 2.45) is 5.92 Å². The van der Waals surface area contributed by atoms with Gasteiger partial charge in [-0.2, -0.15) is 0 Å². The number of fused-ring (bicyclic) bond motifs is 9. The van der Waals surface area contributed by atoms with Gasteiger partial charge in [0.05, 0.1) is 44.6 Å². The average molecular weight is 891 g/mol. The van der Waals surface area contributed by atoms with Gasteiger partial charge in [0.1, 0.15) is 0 Å². The van der Waals surface area contributed by atoms with Crippen LogP contribution >= 0.6 is 0 Å². The second kappa shape index (κ2) is 15.6. The third-order valence-electron chi connectivity index (χ3n) is 14.3. The molecular formula is C63H50N6. The van der Waals surface area contributed by atoms with Crippen molar-refractivity contribution in [1.82, 2.24) is 28.7 Å². The molecule has 0 saturated heterocycles. The summed E-state index contributed by atoms with van der Waals surface area (Å²) in [6.45, 7) is 13.3. The largest absolute Gasteiger partial charge is 0.307 e. The zero-order valence-electron chi connectivity index (χ0n) is 39.7. The van der Waals surface area contributed by atoms with Crippen LogP contribution < -0.4 is 0 Å². The van der Waals surface area contributed by atoms with Gasteiger partial charge < -0.3 is 13.7 Å². The van der Waals surface area contributed by atoms with E-state index < -0.39 is 0 Å². The van der Waals surface area contributed by atoms with Gasteiger partial charge in [0, 0.05) is 49.3 Å². The first-order valence-corrected chi connectivity index (χ1v) is 24.1. The highest BCUT2D eigenvalue weighted by molar-refractivity contribution is 6.13. The maximum Gasteiger partial charge on any atom is 0.164 e. The van der Waals surface area contributed by atoms with Crippen LogP contribution in [0.1, 0.15) is 46.0 Å². The highest BCUT2D eigenvalue weighted by Crippen LogP contribution is 2.46. The van der Waals surface area contributed by atoms with Crippen molar-refractivity contribution in [2.45, 2.75) is 48.0 Å². The van der Waals surface area contributed by atoms with Crippen molar-refractivity contribution >= 4 is 60.6 Å². The van der Waals surface area contributed by atoms with Gasteiger partial charge in [-0.05, 0) is 131 Å². The van der Waals surface area contributed by atoms with E-state index in [1.807, 2.05) is 36.4 Å². The minimum atomic E-state index is 0.407. The molecule has 0 aliphatic heterocycles. The van der Waals surface area contributed by atoms with Crippen LogP contribution in [0.5, 0.6) is 0 Å². The normalized spacial score (nSPS) is 13.7. The molecule has 0 bridgehead atoms. The zero-order valence-corrected chi connectivity index (χ0v) is 39.7. The topological polar surface area (TPSA) is 53.5 Å². The van der Waals surface area contributed by atoms with Crippen LogP contribution in [0, 0.1) is 40.5 Å². The summed E-state index contributed by atoms with van der Waals surface area (Å²) >= 11 is 0. The Morgan fingerprint density at radius 2 is 0.768 bits per heavy atom. The Kier molecular flexibility index (Phi) is 9.25. The van der Waals surface area contributed by atoms with E-state index >= 15 is 0 Å². The molecule has 8 aromatic carbocycles. The van der Waals surface area contributed by atoms with Gasteiger partial charge in [0.15, 0.2) is 17.5 Å². The van der Waals surface area contributed by atoms with E-state index in [1.54, 1.807) is 0 Å². The Hall–Kier alpha value is -8.35. The second-order valence-corrected chi connectivity index (χ2v) is 19.4. The molecule has 1 unspecified atom stereocenters. The van der Waals surface area contributed by atoms with Gasteiger partial charge in [0.25, 0.3) is 0 Å². The number of benzene rings is 8. The Balaban J connectivity index is 1.27. The summed E-state index contributed by atoms with van der Waals surface area (Å²) in [6.07, 6.45) is 5.70. The standard InChI is InChI=1S/C63H50N6/c1-37-17-23-52-46(29-37)47-30-38(2)18-24-53(47)67(52)58-35-45(63-65-61(43-13-9-7-10-14-43)64-62(66-63)44-15-11-8-12-16-44)36-59(68-54-25-19-39(3)31-48(54)49-32-40(4)20-26-55(49)68)60(58)69-56-27-21-41(5)33-50(56)51-34-42(6)22-28-57(51)69/h7-31,33-36,40H,32H2,1-6H3. The van der Waals surface area contributed by atoms with Crippen molar-refractivity contribution in [3.8, 4) is 51.2 Å². The van der Waals surface area contributed by atoms with Crippen molar-refractivity contribution in [3.63, 3.8) is 0 Å². The number of hydrogen-bond acceptors (Lipinski definition) is 3. The minimum absolute atomic E-state index is 0.407. The van der Waals surface area contributed by atoms with E-state index in [-0.39, 0.29) is 0 Å². The summed E-state index contributed by atoms with van der Waals surface area (Å²) in [5.41, 5.74) is 20.3. The number of nitrogens with zero attached hydrogens (tertiary/aromatic N) is 6. The summed E-state index contributed by atoms with van der Waals surface area (Å²) in [4.78, 5) is 16.0. The van der Waals surface area contributed by atoms with Gasteiger partial charge in [-0.3, -0.25) is 0 Å². The van der Waals surface area contributed by atoms with E-state index in [9.17, 15) is 0 Å². The Morgan fingerprint density at radius 3 is 1.22 bits per heavy atom. The van der Waals surface area contributed by atoms with E-state index in [2.05, 4.69) is 195 Å². The van der Waals surface area contributed by atoms with Crippen LogP contribution in [0.25, 0.3) is 112 Å². The molecule has 6 heteroatoms.